The molecule has 0 saturated carbocycles. The molecule has 0 radical (unpaired) electrons. The molecule has 1 heterocycles. The van der Waals surface area contributed by atoms with E-state index in [2.05, 4.69) is 19.2 Å². The van der Waals surface area contributed by atoms with Gasteiger partial charge in [-0.3, -0.25) is 0 Å². The van der Waals surface area contributed by atoms with Crippen LogP contribution in [0.1, 0.15) is 25.8 Å². The topological polar surface area (TPSA) is 47.6 Å². The van der Waals surface area contributed by atoms with E-state index >= 15 is 0 Å². The SMILES string of the molecule is CC(C)NCc1c(Cl)cccc1OC1CCOC1=O. The molecule has 1 aliphatic rings. The second kappa shape index (κ2) is 6.26. The monoisotopic (exact) mass is 283 g/mol. The fraction of sp³-hybridized carbons (Fsp3) is 0.500. The highest BCUT2D eigenvalue weighted by Gasteiger charge is 2.29. The summed E-state index contributed by atoms with van der Waals surface area (Å²) >= 11 is 6.20. The van der Waals surface area contributed by atoms with Gasteiger partial charge in [0.2, 0.25) is 0 Å². The van der Waals surface area contributed by atoms with Gasteiger partial charge >= 0.3 is 5.97 Å². The lowest BCUT2D eigenvalue weighted by atomic mass is 10.2. The Morgan fingerprint density at radius 2 is 2.32 bits per heavy atom. The molecule has 1 aromatic carbocycles. The van der Waals surface area contributed by atoms with Crippen molar-refractivity contribution in [1.29, 1.82) is 0 Å². The Kier molecular flexibility index (Phi) is 4.66. The molecular formula is C14H18ClNO3. The van der Waals surface area contributed by atoms with Crippen molar-refractivity contribution in [3.63, 3.8) is 0 Å². The van der Waals surface area contributed by atoms with Crippen LogP contribution in [0.15, 0.2) is 18.2 Å². The van der Waals surface area contributed by atoms with Gasteiger partial charge in [0.1, 0.15) is 5.75 Å². The molecule has 1 aromatic rings. The number of carbonyl (C=O) groups is 1. The normalized spacial score (nSPS) is 18.7. The molecule has 4 nitrogen and oxygen atoms in total. The fourth-order valence-electron chi connectivity index (χ4n) is 1.86. The number of rotatable bonds is 5. The molecule has 0 spiro atoms. The van der Waals surface area contributed by atoms with E-state index in [-0.39, 0.29) is 5.97 Å². The third-order valence-electron chi connectivity index (χ3n) is 2.92. The van der Waals surface area contributed by atoms with Gasteiger partial charge in [-0.1, -0.05) is 31.5 Å². The molecule has 1 saturated heterocycles. The zero-order valence-corrected chi connectivity index (χ0v) is 11.9. The summed E-state index contributed by atoms with van der Waals surface area (Å²) in [5, 5.41) is 3.93. The smallest absolute Gasteiger partial charge is 0.347 e. The molecule has 5 heteroatoms. The molecule has 0 aliphatic carbocycles. The van der Waals surface area contributed by atoms with E-state index in [0.717, 1.165) is 5.56 Å². The van der Waals surface area contributed by atoms with Crippen LogP contribution in [0.4, 0.5) is 0 Å². The lowest BCUT2D eigenvalue weighted by molar-refractivity contribution is -0.143. The number of hydrogen-bond donors (Lipinski definition) is 1. The van der Waals surface area contributed by atoms with Crippen LogP contribution >= 0.6 is 11.6 Å². The van der Waals surface area contributed by atoms with Crippen LogP contribution in [0, 0.1) is 0 Å². The van der Waals surface area contributed by atoms with E-state index in [0.29, 0.717) is 36.4 Å². The van der Waals surface area contributed by atoms with Crippen LogP contribution in [0.3, 0.4) is 0 Å². The quantitative estimate of drug-likeness (QED) is 0.844. The summed E-state index contributed by atoms with van der Waals surface area (Å²) in [6.45, 7) is 5.15. The average molecular weight is 284 g/mol. The Morgan fingerprint density at radius 1 is 1.53 bits per heavy atom. The van der Waals surface area contributed by atoms with Crippen LogP contribution in [0.5, 0.6) is 5.75 Å². The number of nitrogens with one attached hydrogen (secondary N) is 1. The van der Waals surface area contributed by atoms with Crippen LogP contribution in [-0.2, 0) is 16.1 Å². The molecule has 104 valence electrons. The minimum absolute atomic E-state index is 0.303. The van der Waals surface area contributed by atoms with Gasteiger partial charge in [-0.15, -0.1) is 0 Å². The molecule has 1 fully saturated rings. The van der Waals surface area contributed by atoms with E-state index < -0.39 is 6.10 Å². The van der Waals surface area contributed by atoms with Gasteiger partial charge < -0.3 is 14.8 Å². The molecule has 2 rings (SSSR count). The Labute approximate surface area is 118 Å². The van der Waals surface area contributed by atoms with Crippen LogP contribution in [-0.4, -0.2) is 24.7 Å². The molecular weight excluding hydrogens is 266 g/mol. The number of carbonyl (C=O) groups excluding carboxylic acids is 1. The van der Waals surface area contributed by atoms with E-state index in [4.69, 9.17) is 21.1 Å². The second-order valence-electron chi connectivity index (χ2n) is 4.81. The summed E-state index contributed by atoms with van der Waals surface area (Å²) in [4.78, 5) is 11.4. The van der Waals surface area contributed by atoms with Crippen molar-refractivity contribution in [2.45, 2.75) is 39.0 Å². The van der Waals surface area contributed by atoms with Crippen LogP contribution in [0.25, 0.3) is 0 Å². The molecule has 1 unspecified atom stereocenters. The highest BCUT2D eigenvalue weighted by molar-refractivity contribution is 6.31. The molecule has 0 aromatic heterocycles. The summed E-state index contributed by atoms with van der Waals surface area (Å²) in [5.41, 5.74) is 0.873. The minimum atomic E-state index is -0.517. The van der Waals surface area contributed by atoms with Crippen molar-refractivity contribution in [1.82, 2.24) is 5.32 Å². The van der Waals surface area contributed by atoms with Crippen molar-refractivity contribution >= 4 is 17.6 Å². The number of ether oxygens (including phenoxy) is 2. The first-order valence-electron chi connectivity index (χ1n) is 6.42. The average Bonchev–Trinajstić information content (AvgIpc) is 2.74. The van der Waals surface area contributed by atoms with Gasteiger partial charge in [0, 0.05) is 29.6 Å². The van der Waals surface area contributed by atoms with Gasteiger partial charge in [0.25, 0.3) is 0 Å². The summed E-state index contributed by atoms with van der Waals surface area (Å²) in [6, 6.07) is 5.81. The third-order valence-corrected chi connectivity index (χ3v) is 3.27. The first-order valence-corrected chi connectivity index (χ1v) is 6.80. The minimum Gasteiger partial charge on any atom is -0.478 e. The van der Waals surface area contributed by atoms with E-state index in [1.807, 2.05) is 18.2 Å². The zero-order valence-electron chi connectivity index (χ0n) is 11.1. The molecule has 1 atom stereocenters. The summed E-state index contributed by atoms with van der Waals surface area (Å²) in [5.74, 6) is 0.340. The van der Waals surface area contributed by atoms with E-state index in [1.54, 1.807) is 0 Å². The number of hydrogen-bond acceptors (Lipinski definition) is 4. The molecule has 1 N–H and O–H groups in total. The Morgan fingerprint density at radius 3 is 2.95 bits per heavy atom. The second-order valence-corrected chi connectivity index (χ2v) is 5.22. The van der Waals surface area contributed by atoms with Crippen molar-refractivity contribution < 1.29 is 14.3 Å². The summed E-state index contributed by atoms with van der Waals surface area (Å²) < 4.78 is 10.6. The maximum absolute atomic E-state index is 11.4. The van der Waals surface area contributed by atoms with Gasteiger partial charge in [-0.2, -0.15) is 0 Å². The van der Waals surface area contributed by atoms with Crippen molar-refractivity contribution in [2.75, 3.05) is 6.61 Å². The Balaban J connectivity index is 2.14. The van der Waals surface area contributed by atoms with E-state index in [1.165, 1.54) is 0 Å². The fourth-order valence-corrected chi connectivity index (χ4v) is 2.10. The van der Waals surface area contributed by atoms with Gasteiger partial charge in [-0.05, 0) is 12.1 Å². The lowest BCUT2D eigenvalue weighted by Crippen LogP contribution is -2.25. The van der Waals surface area contributed by atoms with Gasteiger partial charge in [-0.25, -0.2) is 4.79 Å². The Hall–Kier alpha value is -1.26. The summed E-state index contributed by atoms with van der Waals surface area (Å²) in [7, 11) is 0. The maximum atomic E-state index is 11.4. The van der Waals surface area contributed by atoms with Crippen molar-refractivity contribution in [3.05, 3.63) is 28.8 Å². The predicted octanol–water partition coefficient (Wildman–Crippen LogP) is 2.53. The standard InChI is InChI=1S/C14H18ClNO3/c1-9(2)16-8-10-11(15)4-3-5-12(10)19-13-6-7-18-14(13)17/h3-5,9,13,16H,6-8H2,1-2H3. The molecule has 1 aliphatic heterocycles. The number of benzene rings is 1. The lowest BCUT2D eigenvalue weighted by Gasteiger charge is -2.17. The summed E-state index contributed by atoms with van der Waals surface area (Å²) in [6.07, 6.45) is 0.0684. The number of cyclic esters (lactones) is 1. The van der Waals surface area contributed by atoms with Gasteiger partial charge in [0.05, 0.1) is 6.61 Å². The largest absolute Gasteiger partial charge is 0.478 e. The molecule has 0 bridgehead atoms. The van der Waals surface area contributed by atoms with Crippen molar-refractivity contribution in [2.24, 2.45) is 0 Å². The van der Waals surface area contributed by atoms with Crippen LogP contribution < -0.4 is 10.1 Å². The van der Waals surface area contributed by atoms with Crippen molar-refractivity contribution in [3.8, 4) is 5.75 Å². The number of esters is 1. The highest BCUT2D eigenvalue weighted by Crippen LogP contribution is 2.28. The van der Waals surface area contributed by atoms with Crippen LogP contribution in [0.2, 0.25) is 5.02 Å². The highest BCUT2D eigenvalue weighted by atomic mass is 35.5. The van der Waals surface area contributed by atoms with E-state index in [9.17, 15) is 4.79 Å². The molecule has 19 heavy (non-hydrogen) atoms. The molecule has 0 amide bonds. The van der Waals surface area contributed by atoms with Gasteiger partial charge in [0.15, 0.2) is 6.10 Å². The zero-order chi connectivity index (χ0) is 13.8. The maximum Gasteiger partial charge on any atom is 0.347 e. The first-order chi connectivity index (χ1) is 9.08. The first kappa shape index (κ1) is 14.2. The Bertz CT molecular complexity index is 462. The third kappa shape index (κ3) is 3.61. The number of halogens is 1. The predicted molar refractivity (Wildman–Crippen MR) is 73.4 cm³/mol.